The zero-order valence-corrected chi connectivity index (χ0v) is 21.2. The van der Waals surface area contributed by atoms with Crippen LogP contribution in [0.25, 0.3) is 0 Å². The number of halogens is 2. The van der Waals surface area contributed by atoms with Crippen LogP contribution in [0, 0.1) is 11.2 Å². The lowest BCUT2D eigenvalue weighted by Gasteiger charge is -2.36. The number of anilines is 1. The van der Waals surface area contributed by atoms with Crippen LogP contribution in [0.5, 0.6) is 0 Å². The molecule has 9 heteroatoms. The number of nitrogens with one attached hydrogen (secondary N) is 1. The molecule has 3 saturated heterocycles. The summed E-state index contributed by atoms with van der Waals surface area (Å²) in [5.74, 6) is 0.844. The Morgan fingerprint density at radius 3 is 2.53 bits per heavy atom. The van der Waals surface area contributed by atoms with Crippen molar-refractivity contribution in [3.8, 4) is 0 Å². The van der Waals surface area contributed by atoms with Gasteiger partial charge in [0.15, 0.2) is 5.96 Å². The van der Waals surface area contributed by atoms with E-state index < -0.39 is 0 Å². The minimum atomic E-state index is -0.226. The van der Waals surface area contributed by atoms with E-state index in [4.69, 9.17) is 9.73 Å². The second-order valence-corrected chi connectivity index (χ2v) is 8.80. The lowest BCUT2D eigenvalue weighted by Crippen LogP contribution is -2.49. The maximum atomic E-state index is 13.1. The molecule has 4 rings (SSSR count). The van der Waals surface area contributed by atoms with Gasteiger partial charge in [-0.2, -0.15) is 0 Å². The summed E-state index contributed by atoms with van der Waals surface area (Å²) >= 11 is 0. The van der Waals surface area contributed by atoms with E-state index in [0.29, 0.717) is 26.1 Å². The number of carbonyl (C=O) groups excluding carboxylic acids is 1. The molecule has 1 spiro atoms. The fourth-order valence-corrected chi connectivity index (χ4v) is 4.79. The highest BCUT2D eigenvalue weighted by Crippen LogP contribution is 2.38. The average Bonchev–Trinajstić information content (AvgIpc) is 3.43. The number of rotatable bonds is 5. The van der Waals surface area contributed by atoms with Gasteiger partial charge in [0.1, 0.15) is 5.82 Å². The molecular formula is C23H35FIN5O2. The zero-order chi connectivity index (χ0) is 21.7. The van der Waals surface area contributed by atoms with Gasteiger partial charge < -0.3 is 24.8 Å². The number of carbonyl (C=O) groups is 1. The number of amides is 1. The van der Waals surface area contributed by atoms with Gasteiger partial charge in [0, 0.05) is 69.9 Å². The summed E-state index contributed by atoms with van der Waals surface area (Å²) in [5.41, 5.74) is 1.29. The van der Waals surface area contributed by atoms with Crippen molar-refractivity contribution in [2.45, 2.75) is 26.2 Å². The molecule has 32 heavy (non-hydrogen) atoms. The van der Waals surface area contributed by atoms with E-state index in [2.05, 4.69) is 22.0 Å². The molecule has 178 valence electrons. The molecule has 0 aromatic heterocycles. The molecule has 0 aliphatic carbocycles. The maximum Gasteiger partial charge on any atom is 0.224 e. The normalized spacial score (nSPS) is 23.6. The third-order valence-corrected chi connectivity index (χ3v) is 6.67. The molecule has 3 heterocycles. The summed E-state index contributed by atoms with van der Waals surface area (Å²) < 4.78 is 18.8. The third-order valence-electron chi connectivity index (χ3n) is 6.67. The number of hydrogen-bond donors (Lipinski definition) is 1. The summed E-state index contributed by atoms with van der Waals surface area (Å²) in [6.45, 7) is 10.00. The Labute approximate surface area is 207 Å². The van der Waals surface area contributed by atoms with Gasteiger partial charge in [0.2, 0.25) is 5.91 Å². The molecule has 1 N–H and O–H groups in total. The average molecular weight is 559 g/mol. The highest BCUT2D eigenvalue weighted by molar-refractivity contribution is 14.0. The molecule has 7 nitrogen and oxygen atoms in total. The van der Waals surface area contributed by atoms with Gasteiger partial charge in [0.05, 0.1) is 13.2 Å². The number of likely N-dealkylation sites (tertiary alicyclic amines) is 1. The quantitative estimate of drug-likeness (QED) is 0.342. The van der Waals surface area contributed by atoms with Gasteiger partial charge in [-0.1, -0.05) is 0 Å². The van der Waals surface area contributed by atoms with Gasteiger partial charge in [-0.05, 0) is 44.0 Å². The van der Waals surface area contributed by atoms with Gasteiger partial charge in [-0.25, -0.2) is 4.39 Å². The molecule has 0 bridgehead atoms. The number of ether oxygens (including phenoxy) is 1. The summed E-state index contributed by atoms with van der Waals surface area (Å²) in [6.07, 6.45) is 2.70. The molecule has 1 amide bonds. The number of piperazine rings is 1. The van der Waals surface area contributed by atoms with Crippen molar-refractivity contribution in [2.24, 2.45) is 10.4 Å². The highest BCUT2D eigenvalue weighted by atomic mass is 127. The summed E-state index contributed by atoms with van der Waals surface area (Å²) in [4.78, 5) is 23.9. The van der Waals surface area contributed by atoms with Crippen molar-refractivity contribution in [1.82, 2.24) is 15.1 Å². The Bertz CT molecular complexity index is 777. The van der Waals surface area contributed by atoms with Crippen LogP contribution in [0.15, 0.2) is 29.3 Å². The van der Waals surface area contributed by atoms with E-state index in [1.54, 1.807) is 12.1 Å². The van der Waals surface area contributed by atoms with Crippen LogP contribution in [0.1, 0.15) is 26.2 Å². The molecule has 3 fully saturated rings. The summed E-state index contributed by atoms with van der Waals surface area (Å²) in [7, 11) is 0. The van der Waals surface area contributed by atoms with Crippen LogP contribution in [-0.2, 0) is 9.53 Å². The van der Waals surface area contributed by atoms with Gasteiger partial charge in [-0.15, -0.1) is 24.0 Å². The topological polar surface area (TPSA) is 60.4 Å². The Balaban J connectivity index is 0.00000289. The van der Waals surface area contributed by atoms with Crippen molar-refractivity contribution in [3.63, 3.8) is 0 Å². The summed E-state index contributed by atoms with van der Waals surface area (Å²) in [5, 5.41) is 3.39. The van der Waals surface area contributed by atoms with Gasteiger partial charge in [-0.3, -0.25) is 9.79 Å². The molecule has 3 aliphatic heterocycles. The Hall–Kier alpha value is -1.62. The minimum Gasteiger partial charge on any atom is -0.381 e. The van der Waals surface area contributed by atoms with Crippen molar-refractivity contribution >= 4 is 41.5 Å². The van der Waals surface area contributed by atoms with Crippen molar-refractivity contribution in [1.29, 1.82) is 0 Å². The van der Waals surface area contributed by atoms with Crippen LogP contribution in [0.3, 0.4) is 0 Å². The van der Waals surface area contributed by atoms with Gasteiger partial charge in [0.25, 0.3) is 0 Å². The minimum absolute atomic E-state index is 0. The van der Waals surface area contributed by atoms with E-state index in [0.717, 1.165) is 70.4 Å². The number of nitrogens with zero attached hydrogens (tertiary/aromatic N) is 4. The van der Waals surface area contributed by atoms with Crippen LogP contribution in [0.4, 0.5) is 10.1 Å². The maximum absolute atomic E-state index is 13.1. The first-order valence-corrected chi connectivity index (χ1v) is 11.5. The second kappa shape index (κ2) is 11.5. The first-order valence-electron chi connectivity index (χ1n) is 11.5. The van der Waals surface area contributed by atoms with Crippen molar-refractivity contribution < 1.29 is 13.9 Å². The molecule has 1 aromatic carbocycles. The SMILES string of the molecule is CCNC(=NCCC(=O)N1CCN(c2ccc(F)cc2)CC1)N1CCC2(CCOC2)C1.I. The summed E-state index contributed by atoms with van der Waals surface area (Å²) in [6, 6.07) is 6.55. The molecule has 0 saturated carbocycles. The molecule has 1 atom stereocenters. The zero-order valence-electron chi connectivity index (χ0n) is 18.9. The van der Waals surface area contributed by atoms with Crippen LogP contribution < -0.4 is 10.2 Å². The highest BCUT2D eigenvalue weighted by Gasteiger charge is 2.42. The lowest BCUT2D eigenvalue weighted by molar-refractivity contribution is -0.131. The Kier molecular flexibility index (Phi) is 8.98. The molecule has 1 aromatic rings. The Morgan fingerprint density at radius 2 is 1.88 bits per heavy atom. The molecule has 3 aliphatic rings. The first kappa shape index (κ1) is 25.0. The molecule has 1 unspecified atom stereocenters. The fraction of sp³-hybridized carbons (Fsp3) is 0.652. The fourth-order valence-electron chi connectivity index (χ4n) is 4.79. The molecule has 0 radical (unpaired) electrons. The van der Waals surface area contributed by atoms with Crippen LogP contribution in [-0.4, -0.2) is 87.2 Å². The van der Waals surface area contributed by atoms with E-state index in [1.807, 2.05) is 4.90 Å². The lowest BCUT2D eigenvalue weighted by atomic mass is 9.87. The van der Waals surface area contributed by atoms with Crippen molar-refractivity contribution in [3.05, 3.63) is 30.1 Å². The van der Waals surface area contributed by atoms with E-state index >= 15 is 0 Å². The van der Waals surface area contributed by atoms with Crippen LogP contribution in [0.2, 0.25) is 0 Å². The third kappa shape index (κ3) is 6.03. The Morgan fingerprint density at radius 1 is 1.12 bits per heavy atom. The predicted molar refractivity (Wildman–Crippen MR) is 135 cm³/mol. The number of hydrogen-bond acceptors (Lipinski definition) is 4. The standard InChI is InChI=1S/C23H34FN5O2.HI/c1-2-25-22(29-11-8-23(17-29)9-16-31-18-23)26-10-7-21(30)28-14-12-27(13-15-28)20-5-3-19(24)4-6-20;/h3-6H,2,7-18H2,1H3,(H,25,26);1H. The number of benzene rings is 1. The monoisotopic (exact) mass is 559 g/mol. The smallest absolute Gasteiger partial charge is 0.224 e. The second-order valence-electron chi connectivity index (χ2n) is 8.80. The van der Waals surface area contributed by atoms with Crippen LogP contribution >= 0.6 is 24.0 Å². The van der Waals surface area contributed by atoms with E-state index in [-0.39, 0.29) is 41.1 Å². The predicted octanol–water partition coefficient (Wildman–Crippen LogP) is 2.56. The van der Waals surface area contributed by atoms with Gasteiger partial charge >= 0.3 is 0 Å². The van der Waals surface area contributed by atoms with E-state index in [9.17, 15) is 9.18 Å². The van der Waals surface area contributed by atoms with Crippen molar-refractivity contribution in [2.75, 3.05) is 70.5 Å². The first-order chi connectivity index (χ1) is 15.1. The number of guanidine groups is 1. The largest absolute Gasteiger partial charge is 0.381 e. The number of aliphatic imine (C=N–C) groups is 1. The molecular weight excluding hydrogens is 524 g/mol. The van der Waals surface area contributed by atoms with E-state index in [1.165, 1.54) is 12.1 Å².